The van der Waals surface area contributed by atoms with E-state index in [4.69, 9.17) is 0 Å². The third-order valence-electron chi connectivity index (χ3n) is 3.09. The molecule has 3 nitrogen and oxygen atoms in total. The SMILES string of the molecule is C=CC(=O)NC(=O)[C@](C=C)(CC)c1ccc(Br)cc1. The molecule has 0 spiro atoms. The number of benzene rings is 1. The second-order valence-corrected chi connectivity index (χ2v) is 4.97. The first kappa shape index (κ1) is 15.4. The van der Waals surface area contributed by atoms with Crippen molar-refractivity contribution in [3.05, 3.63) is 59.6 Å². The number of amides is 2. The number of imide groups is 1. The minimum Gasteiger partial charge on any atom is -0.292 e. The van der Waals surface area contributed by atoms with E-state index in [0.29, 0.717) is 6.42 Å². The Balaban J connectivity index is 3.19. The van der Waals surface area contributed by atoms with E-state index in [0.717, 1.165) is 16.1 Å². The summed E-state index contributed by atoms with van der Waals surface area (Å²) in [5.74, 6) is -0.904. The van der Waals surface area contributed by atoms with Gasteiger partial charge in [0, 0.05) is 4.47 Å². The minimum atomic E-state index is -0.917. The van der Waals surface area contributed by atoms with Crippen molar-refractivity contribution in [3.8, 4) is 0 Å². The summed E-state index contributed by atoms with van der Waals surface area (Å²) in [6.07, 6.45) is 3.15. The Hall–Kier alpha value is -1.68. The van der Waals surface area contributed by atoms with Crippen LogP contribution < -0.4 is 5.32 Å². The van der Waals surface area contributed by atoms with Gasteiger partial charge in [-0.05, 0) is 30.2 Å². The molecule has 0 bridgehead atoms. The summed E-state index contributed by atoms with van der Waals surface area (Å²) in [4.78, 5) is 23.6. The largest absolute Gasteiger partial charge is 0.292 e. The summed E-state index contributed by atoms with van der Waals surface area (Å²) in [5.41, 5.74) is -0.123. The first-order chi connectivity index (χ1) is 9.00. The van der Waals surface area contributed by atoms with Crippen molar-refractivity contribution >= 4 is 27.7 Å². The molecule has 2 amide bonds. The number of nitrogens with one attached hydrogen (secondary N) is 1. The van der Waals surface area contributed by atoms with Crippen LogP contribution in [0.1, 0.15) is 18.9 Å². The van der Waals surface area contributed by atoms with Gasteiger partial charge in [-0.25, -0.2) is 0 Å². The third kappa shape index (κ3) is 3.20. The van der Waals surface area contributed by atoms with Crippen molar-refractivity contribution < 1.29 is 9.59 Å². The number of halogens is 1. The second-order valence-electron chi connectivity index (χ2n) is 4.06. The van der Waals surface area contributed by atoms with Crippen LogP contribution in [-0.2, 0) is 15.0 Å². The van der Waals surface area contributed by atoms with Crippen LogP contribution in [0.15, 0.2) is 54.0 Å². The number of carbonyl (C=O) groups is 2. The van der Waals surface area contributed by atoms with E-state index in [1.54, 1.807) is 6.08 Å². The molecular formula is C15H16BrNO2. The molecule has 0 aliphatic heterocycles. The number of carbonyl (C=O) groups excluding carboxylic acids is 2. The molecule has 0 aliphatic carbocycles. The minimum absolute atomic E-state index is 0.391. The smallest absolute Gasteiger partial charge is 0.249 e. The fourth-order valence-corrected chi connectivity index (χ4v) is 2.14. The van der Waals surface area contributed by atoms with Gasteiger partial charge < -0.3 is 0 Å². The summed E-state index contributed by atoms with van der Waals surface area (Å²) in [7, 11) is 0. The summed E-state index contributed by atoms with van der Waals surface area (Å²) >= 11 is 3.35. The topological polar surface area (TPSA) is 46.2 Å². The molecule has 0 radical (unpaired) electrons. The summed E-state index contributed by atoms with van der Waals surface area (Å²) in [6.45, 7) is 8.96. The normalized spacial score (nSPS) is 13.2. The monoisotopic (exact) mass is 321 g/mol. The highest BCUT2D eigenvalue weighted by atomic mass is 79.9. The fraction of sp³-hybridized carbons (Fsp3) is 0.200. The van der Waals surface area contributed by atoms with E-state index in [1.165, 1.54) is 0 Å². The molecule has 1 atom stereocenters. The van der Waals surface area contributed by atoms with E-state index in [2.05, 4.69) is 34.4 Å². The number of rotatable bonds is 5. The highest BCUT2D eigenvalue weighted by Gasteiger charge is 2.36. The molecule has 19 heavy (non-hydrogen) atoms. The van der Waals surface area contributed by atoms with Crippen molar-refractivity contribution in [2.75, 3.05) is 0 Å². The molecule has 0 saturated heterocycles. The third-order valence-corrected chi connectivity index (χ3v) is 3.62. The fourth-order valence-electron chi connectivity index (χ4n) is 1.87. The molecule has 0 aromatic heterocycles. The first-order valence-electron chi connectivity index (χ1n) is 5.87. The average Bonchev–Trinajstić information content (AvgIpc) is 2.42. The Morgan fingerprint density at radius 2 is 1.89 bits per heavy atom. The van der Waals surface area contributed by atoms with Crippen LogP contribution in [0.2, 0.25) is 0 Å². The second kappa shape index (κ2) is 6.48. The average molecular weight is 322 g/mol. The molecule has 1 aromatic carbocycles. The molecule has 4 heteroatoms. The Labute approximate surface area is 121 Å². The maximum atomic E-state index is 12.3. The molecule has 0 saturated carbocycles. The standard InChI is InChI=1S/C15H16BrNO2/c1-4-13(18)17-14(19)15(5-2,6-3)11-7-9-12(16)10-8-11/h4-5,7-10H,1-2,6H2,3H3,(H,17,18,19)/t15-/m1/s1. The highest BCUT2D eigenvalue weighted by molar-refractivity contribution is 9.10. The predicted octanol–water partition coefficient (Wildman–Crippen LogP) is 3.11. The van der Waals surface area contributed by atoms with Gasteiger partial charge >= 0.3 is 0 Å². The number of hydrogen-bond acceptors (Lipinski definition) is 2. The van der Waals surface area contributed by atoms with Crippen LogP contribution in [0.3, 0.4) is 0 Å². The molecule has 1 aromatic rings. The van der Waals surface area contributed by atoms with Crippen molar-refractivity contribution in [1.82, 2.24) is 5.32 Å². The molecule has 0 unspecified atom stereocenters. The van der Waals surface area contributed by atoms with Gasteiger partial charge in [-0.2, -0.15) is 0 Å². The lowest BCUT2D eigenvalue weighted by Crippen LogP contribution is -2.44. The van der Waals surface area contributed by atoms with Gasteiger partial charge in [0.15, 0.2) is 0 Å². The summed E-state index contributed by atoms with van der Waals surface area (Å²) in [5, 5.41) is 2.31. The van der Waals surface area contributed by atoms with E-state index in [1.807, 2.05) is 31.2 Å². The Bertz CT molecular complexity index is 507. The molecule has 1 N–H and O–H groups in total. The van der Waals surface area contributed by atoms with Crippen LogP contribution in [0.25, 0.3) is 0 Å². The van der Waals surface area contributed by atoms with Crippen molar-refractivity contribution in [1.29, 1.82) is 0 Å². The van der Waals surface area contributed by atoms with Crippen LogP contribution in [-0.4, -0.2) is 11.8 Å². The van der Waals surface area contributed by atoms with E-state index < -0.39 is 17.2 Å². The van der Waals surface area contributed by atoms with Crippen LogP contribution in [0.5, 0.6) is 0 Å². The van der Waals surface area contributed by atoms with Crippen LogP contribution >= 0.6 is 15.9 Å². The van der Waals surface area contributed by atoms with Gasteiger partial charge in [0.2, 0.25) is 11.8 Å². The van der Waals surface area contributed by atoms with Gasteiger partial charge in [0.05, 0.1) is 5.41 Å². The Morgan fingerprint density at radius 3 is 2.32 bits per heavy atom. The van der Waals surface area contributed by atoms with Crippen molar-refractivity contribution in [2.45, 2.75) is 18.8 Å². The highest BCUT2D eigenvalue weighted by Crippen LogP contribution is 2.30. The van der Waals surface area contributed by atoms with Crippen molar-refractivity contribution in [2.24, 2.45) is 0 Å². The quantitative estimate of drug-likeness (QED) is 0.669. The zero-order valence-corrected chi connectivity index (χ0v) is 12.4. The first-order valence-corrected chi connectivity index (χ1v) is 6.67. The lowest BCUT2D eigenvalue weighted by atomic mass is 9.77. The van der Waals surface area contributed by atoms with E-state index in [-0.39, 0.29) is 0 Å². The molecule has 0 fully saturated rings. The maximum absolute atomic E-state index is 12.3. The van der Waals surface area contributed by atoms with Gasteiger partial charge in [-0.15, -0.1) is 6.58 Å². The van der Waals surface area contributed by atoms with E-state index in [9.17, 15) is 9.59 Å². The predicted molar refractivity (Wildman–Crippen MR) is 79.7 cm³/mol. The molecule has 0 aliphatic rings. The van der Waals surface area contributed by atoms with Crippen LogP contribution in [0.4, 0.5) is 0 Å². The molecule has 0 heterocycles. The van der Waals surface area contributed by atoms with E-state index >= 15 is 0 Å². The number of hydrogen-bond donors (Lipinski definition) is 1. The summed E-state index contributed by atoms with van der Waals surface area (Å²) in [6, 6.07) is 7.39. The van der Waals surface area contributed by atoms with Gasteiger partial charge in [0.1, 0.15) is 0 Å². The summed E-state index contributed by atoms with van der Waals surface area (Å²) < 4.78 is 0.924. The van der Waals surface area contributed by atoms with Gasteiger partial charge in [0.25, 0.3) is 0 Å². The van der Waals surface area contributed by atoms with Gasteiger partial charge in [-0.1, -0.05) is 47.6 Å². The van der Waals surface area contributed by atoms with Crippen molar-refractivity contribution in [3.63, 3.8) is 0 Å². The van der Waals surface area contributed by atoms with Crippen LogP contribution in [0, 0.1) is 0 Å². The lowest BCUT2D eigenvalue weighted by Gasteiger charge is -2.28. The zero-order chi connectivity index (χ0) is 14.5. The molecular weight excluding hydrogens is 306 g/mol. The molecule has 1 rings (SSSR count). The maximum Gasteiger partial charge on any atom is 0.249 e. The zero-order valence-electron chi connectivity index (χ0n) is 10.8. The van der Waals surface area contributed by atoms with Gasteiger partial charge in [-0.3, -0.25) is 14.9 Å². The lowest BCUT2D eigenvalue weighted by molar-refractivity contribution is -0.130. The molecule has 100 valence electrons. The Morgan fingerprint density at radius 1 is 1.32 bits per heavy atom. The Kier molecular flexibility index (Phi) is 5.24.